The summed E-state index contributed by atoms with van der Waals surface area (Å²) in [5, 5.41) is 2.62. The first kappa shape index (κ1) is 18.1. The molecule has 24 heavy (non-hydrogen) atoms. The first-order chi connectivity index (χ1) is 11.3. The maximum absolute atomic E-state index is 13.1. The van der Waals surface area contributed by atoms with Gasteiger partial charge in [0.05, 0.1) is 17.7 Å². The van der Waals surface area contributed by atoms with E-state index >= 15 is 0 Å². The molecule has 0 saturated carbocycles. The van der Waals surface area contributed by atoms with Crippen LogP contribution in [0.3, 0.4) is 0 Å². The van der Waals surface area contributed by atoms with Crippen molar-refractivity contribution in [2.75, 3.05) is 19.7 Å². The molecule has 1 aliphatic rings. The SMILES string of the molecule is CCOC(=O)NC1CCCN(C(=O)c2ccccc2C(F)(F)F)C1. The first-order valence-corrected chi connectivity index (χ1v) is 7.71. The molecule has 1 fully saturated rings. The molecule has 132 valence electrons. The van der Waals surface area contributed by atoms with Gasteiger partial charge in [-0.1, -0.05) is 12.1 Å². The number of carbonyl (C=O) groups excluding carboxylic acids is 2. The number of rotatable bonds is 3. The molecular weight excluding hydrogens is 325 g/mol. The second kappa shape index (κ2) is 7.55. The number of benzene rings is 1. The summed E-state index contributed by atoms with van der Waals surface area (Å²) in [4.78, 5) is 25.3. The van der Waals surface area contributed by atoms with E-state index in [0.717, 1.165) is 6.07 Å². The van der Waals surface area contributed by atoms with Crippen LogP contribution >= 0.6 is 0 Å². The van der Waals surface area contributed by atoms with Crippen LogP contribution in [-0.4, -0.2) is 42.6 Å². The number of carbonyl (C=O) groups is 2. The smallest absolute Gasteiger partial charge is 0.417 e. The number of alkyl carbamates (subject to hydrolysis) is 1. The molecule has 8 heteroatoms. The van der Waals surface area contributed by atoms with E-state index in [9.17, 15) is 22.8 Å². The number of piperidine rings is 1. The zero-order valence-corrected chi connectivity index (χ0v) is 13.2. The van der Waals surface area contributed by atoms with Crippen molar-refractivity contribution in [2.45, 2.75) is 32.0 Å². The van der Waals surface area contributed by atoms with Gasteiger partial charge in [0, 0.05) is 19.1 Å². The van der Waals surface area contributed by atoms with Gasteiger partial charge in [0.2, 0.25) is 0 Å². The molecule has 0 bridgehead atoms. The molecule has 1 atom stereocenters. The standard InChI is InChI=1S/C16H19F3N2O3/c1-2-24-15(23)20-11-6-5-9-21(10-11)14(22)12-7-3-4-8-13(12)16(17,18)19/h3-4,7-8,11H,2,5-6,9-10H2,1H3,(H,20,23). The molecule has 1 aromatic rings. The summed E-state index contributed by atoms with van der Waals surface area (Å²) >= 11 is 0. The third kappa shape index (κ3) is 4.39. The first-order valence-electron chi connectivity index (χ1n) is 7.71. The molecule has 2 rings (SSSR count). The monoisotopic (exact) mass is 344 g/mol. The fourth-order valence-electron chi connectivity index (χ4n) is 2.71. The van der Waals surface area contributed by atoms with Crippen molar-refractivity contribution in [1.29, 1.82) is 0 Å². The molecule has 5 nitrogen and oxygen atoms in total. The molecule has 1 N–H and O–H groups in total. The van der Waals surface area contributed by atoms with Crippen LogP contribution in [0.25, 0.3) is 0 Å². The quantitative estimate of drug-likeness (QED) is 0.917. The highest BCUT2D eigenvalue weighted by molar-refractivity contribution is 5.96. The summed E-state index contributed by atoms with van der Waals surface area (Å²) in [6.07, 6.45) is -3.95. The lowest BCUT2D eigenvalue weighted by atomic mass is 10.0. The molecule has 1 heterocycles. The highest BCUT2D eigenvalue weighted by Gasteiger charge is 2.36. The van der Waals surface area contributed by atoms with Crippen LogP contribution < -0.4 is 5.32 Å². The summed E-state index contributed by atoms with van der Waals surface area (Å²) in [6, 6.07) is 4.39. The van der Waals surface area contributed by atoms with Crippen molar-refractivity contribution >= 4 is 12.0 Å². The number of halogens is 3. The second-order valence-electron chi connectivity index (χ2n) is 5.50. The van der Waals surface area contributed by atoms with E-state index in [-0.39, 0.29) is 24.8 Å². The second-order valence-corrected chi connectivity index (χ2v) is 5.50. The van der Waals surface area contributed by atoms with Crippen LogP contribution in [0.5, 0.6) is 0 Å². The van der Waals surface area contributed by atoms with E-state index in [1.54, 1.807) is 6.92 Å². The molecule has 1 saturated heterocycles. The van der Waals surface area contributed by atoms with Crippen molar-refractivity contribution in [3.8, 4) is 0 Å². The number of hydrogen-bond donors (Lipinski definition) is 1. The van der Waals surface area contributed by atoms with E-state index in [2.05, 4.69) is 5.32 Å². The van der Waals surface area contributed by atoms with Gasteiger partial charge >= 0.3 is 12.3 Å². The average molecular weight is 344 g/mol. The van der Waals surface area contributed by atoms with Crippen molar-refractivity contribution in [3.63, 3.8) is 0 Å². The Morgan fingerprint density at radius 3 is 2.71 bits per heavy atom. The Bertz CT molecular complexity index is 604. The Hall–Kier alpha value is -2.25. The highest BCUT2D eigenvalue weighted by Crippen LogP contribution is 2.32. The molecule has 1 unspecified atom stereocenters. The van der Waals surface area contributed by atoms with Gasteiger partial charge in [-0.3, -0.25) is 4.79 Å². The van der Waals surface area contributed by atoms with E-state index in [4.69, 9.17) is 4.74 Å². The zero-order valence-electron chi connectivity index (χ0n) is 13.2. The number of hydrogen-bond acceptors (Lipinski definition) is 3. The number of likely N-dealkylation sites (tertiary alicyclic amines) is 1. The minimum absolute atomic E-state index is 0.157. The van der Waals surface area contributed by atoms with Gasteiger partial charge in [0.1, 0.15) is 0 Å². The summed E-state index contributed by atoms with van der Waals surface area (Å²) in [5.41, 5.74) is -1.32. The van der Waals surface area contributed by atoms with Crippen LogP contribution in [0, 0.1) is 0 Å². The fraction of sp³-hybridized carbons (Fsp3) is 0.500. The predicted molar refractivity (Wildman–Crippen MR) is 80.5 cm³/mol. The lowest BCUT2D eigenvalue weighted by Crippen LogP contribution is -2.50. The van der Waals surface area contributed by atoms with E-state index in [0.29, 0.717) is 19.4 Å². The molecule has 0 radical (unpaired) electrons. The molecule has 1 aliphatic heterocycles. The number of nitrogens with one attached hydrogen (secondary N) is 1. The third-order valence-electron chi connectivity index (χ3n) is 3.77. The maximum atomic E-state index is 13.1. The highest BCUT2D eigenvalue weighted by atomic mass is 19.4. The summed E-state index contributed by atoms with van der Waals surface area (Å²) in [5.74, 6) is -0.682. The fourth-order valence-corrected chi connectivity index (χ4v) is 2.71. The Labute approximate surface area is 137 Å². The van der Waals surface area contributed by atoms with Crippen LogP contribution in [0.1, 0.15) is 35.7 Å². The molecule has 0 aliphatic carbocycles. The van der Waals surface area contributed by atoms with Crippen LogP contribution in [0.2, 0.25) is 0 Å². The maximum Gasteiger partial charge on any atom is 0.417 e. The minimum atomic E-state index is -4.59. The summed E-state index contributed by atoms with van der Waals surface area (Å²) in [7, 11) is 0. The third-order valence-corrected chi connectivity index (χ3v) is 3.77. The van der Waals surface area contributed by atoms with Crippen molar-refractivity contribution in [3.05, 3.63) is 35.4 Å². The molecule has 2 amide bonds. The Kier molecular flexibility index (Phi) is 5.69. The van der Waals surface area contributed by atoms with Crippen molar-refractivity contribution in [1.82, 2.24) is 10.2 Å². The Balaban J connectivity index is 2.11. The van der Waals surface area contributed by atoms with Gasteiger partial charge in [-0.05, 0) is 31.9 Å². The molecule has 1 aromatic carbocycles. The van der Waals surface area contributed by atoms with Gasteiger partial charge < -0.3 is 15.0 Å². The average Bonchev–Trinajstić information content (AvgIpc) is 2.54. The number of amides is 2. The van der Waals surface area contributed by atoms with Crippen LogP contribution in [0.15, 0.2) is 24.3 Å². The summed E-state index contributed by atoms with van der Waals surface area (Å²) < 4.78 is 44.0. The minimum Gasteiger partial charge on any atom is -0.450 e. The van der Waals surface area contributed by atoms with Crippen molar-refractivity contribution in [2.24, 2.45) is 0 Å². The number of ether oxygens (including phenoxy) is 1. The van der Waals surface area contributed by atoms with Gasteiger partial charge in [-0.25, -0.2) is 4.79 Å². The molecule has 0 aromatic heterocycles. The number of alkyl halides is 3. The van der Waals surface area contributed by atoms with E-state index < -0.39 is 23.7 Å². The van der Waals surface area contributed by atoms with Crippen LogP contribution in [0.4, 0.5) is 18.0 Å². The van der Waals surface area contributed by atoms with E-state index in [1.807, 2.05) is 0 Å². The zero-order chi connectivity index (χ0) is 17.7. The topological polar surface area (TPSA) is 58.6 Å². The van der Waals surface area contributed by atoms with Gasteiger partial charge in [0.15, 0.2) is 0 Å². The summed E-state index contributed by atoms with van der Waals surface area (Å²) in [6.45, 7) is 2.40. The normalized spacial score (nSPS) is 18.2. The Morgan fingerprint density at radius 1 is 1.33 bits per heavy atom. The van der Waals surface area contributed by atoms with Gasteiger partial charge in [0.25, 0.3) is 5.91 Å². The predicted octanol–water partition coefficient (Wildman–Crippen LogP) is 3.06. The number of nitrogens with zero attached hydrogens (tertiary/aromatic N) is 1. The lowest BCUT2D eigenvalue weighted by Gasteiger charge is -2.33. The lowest BCUT2D eigenvalue weighted by molar-refractivity contribution is -0.138. The molecule has 0 spiro atoms. The largest absolute Gasteiger partial charge is 0.450 e. The van der Waals surface area contributed by atoms with Gasteiger partial charge in [-0.15, -0.1) is 0 Å². The van der Waals surface area contributed by atoms with Crippen molar-refractivity contribution < 1.29 is 27.5 Å². The molecular formula is C16H19F3N2O3. The van der Waals surface area contributed by atoms with Crippen LogP contribution in [-0.2, 0) is 10.9 Å². The Morgan fingerprint density at radius 2 is 2.04 bits per heavy atom. The van der Waals surface area contributed by atoms with Gasteiger partial charge in [-0.2, -0.15) is 13.2 Å². The van der Waals surface area contributed by atoms with E-state index in [1.165, 1.54) is 23.1 Å².